The van der Waals surface area contributed by atoms with E-state index in [1.807, 2.05) is 12.1 Å². The molecular formula is C17H25N3O3. The van der Waals surface area contributed by atoms with E-state index in [4.69, 9.17) is 4.42 Å². The molecular weight excluding hydrogens is 294 g/mol. The summed E-state index contributed by atoms with van der Waals surface area (Å²) in [7, 11) is 0. The molecule has 1 saturated carbocycles. The second kappa shape index (κ2) is 7.64. The minimum absolute atomic E-state index is 0.00707. The van der Waals surface area contributed by atoms with Crippen molar-refractivity contribution in [1.82, 2.24) is 15.5 Å². The predicted octanol–water partition coefficient (Wildman–Crippen LogP) is 1.28. The van der Waals surface area contributed by atoms with Crippen LogP contribution in [0, 0.1) is 5.92 Å². The van der Waals surface area contributed by atoms with Gasteiger partial charge in [0.2, 0.25) is 11.8 Å². The van der Waals surface area contributed by atoms with E-state index in [0.717, 1.165) is 44.5 Å². The van der Waals surface area contributed by atoms with Crippen LogP contribution in [0.15, 0.2) is 22.8 Å². The second-order valence-corrected chi connectivity index (χ2v) is 6.57. The molecule has 6 heteroatoms. The monoisotopic (exact) mass is 319 g/mol. The molecule has 6 nitrogen and oxygen atoms in total. The molecule has 0 aromatic carbocycles. The standard InChI is InChI=1S/C17H25N3O3/c21-16(18-10-15-7-3-9-23-15)12-20-8-2-6-14(11-20)19-17(22)13-4-1-5-13/h3,7,9,13-14H,1-2,4-6,8,10-12H2,(H,18,21)(H,19,22). The van der Waals surface area contributed by atoms with Crippen LogP contribution >= 0.6 is 0 Å². The van der Waals surface area contributed by atoms with Crippen molar-refractivity contribution in [2.75, 3.05) is 19.6 Å². The SMILES string of the molecule is O=C(CN1CCCC(NC(=O)C2CCC2)C1)NCc1ccco1. The number of rotatable bonds is 6. The summed E-state index contributed by atoms with van der Waals surface area (Å²) in [4.78, 5) is 26.2. The molecule has 2 N–H and O–H groups in total. The number of likely N-dealkylation sites (tertiary alicyclic amines) is 1. The van der Waals surface area contributed by atoms with Gasteiger partial charge in [0.25, 0.3) is 0 Å². The van der Waals surface area contributed by atoms with Gasteiger partial charge in [0.1, 0.15) is 5.76 Å². The molecule has 1 aromatic rings. The highest BCUT2D eigenvalue weighted by atomic mass is 16.3. The molecule has 2 aliphatic rings. The molecule has 1 saturated heterocycles. The van der Waals surface area contributed by atoms with Crippen molar-refractivity contribution in [3.63, 3.8) is 0 Å². The number of hydrogen-bond donors (Lipinski definition) is 2. The summed E-state index contributed by atoms with van der Waals surface area (Å²) in [5, 5.41) is 6.01. The summed E-state index contributed by atoms with van der Waals surface area (Å²) < 4.78 is 5.20. The Morgan fingerprint density at radius 2 is 2.13 bits per heavy atom. The molecule has 0 spiro atoms. The van der Waals surface area contributed by atoms with Crippen LogP contribution in [0.1, 0.15) is 37.9 Å². The molecule has 1 atom stereocenters. The Morgan fingerprint density at radius 3 is 2.83 bits per heavy atom. The number of nitrogens with one attached hydrogen (secondary N) is 2. The normalized spacial score (nSPS) is 22.3. The number of nitrogens with zero attached hydrogens (tertiary/aromatic N) is 1. The van der Waals surface area contributed by atoms with Gasteiger partial charge >= 0.3 is 0 Å². The molecule has 1 aliphatic heterocycles. The quantitative estimate of drug-likeness (QED) is 0.828. The molecule has 1 aliphatic carbocycles. The lowest BCUT2D eigenvalue weighted by atomic mass is 9.84. The van der Waals surface area contributed by atoms with E-state index in [2.05, 4.69) is 15.5 Å². The lowest BCUT2D eigenvalue weighted by Gasteiger charge is -2.34. The molecule has 1 aromatic heterocycles. The lowest BCUT2D eigenvalue weighted by molar-refractivity contribution is -0.128. The molecule has 2 amide bonds. The highest BCUT2D eigenvalue weighted by Crippen LogP contribution is 2.26. The first-order valence-electron chi connectivity index (χ1n) is 8.52. The Kier molecular flexibility index (Phi) is 5.33. The van der Waals surface area contributed by atoms with Crippen LogP contribution in [0.25, 0.3) is 0 Å². The summed E-state index contributed by atoms with van der Waals surface area (Å²) in [5.74, 6) is 1.17. The number of furan rings is 1. The Hall–Kier alpha value is -1.82. The zero-order chi connectivity index (χ0) is 16.1. The Bertz CT molecular complexity index is 525. The van der Waals surface area contributed by atoms with Gasteiger partial charge < -0.3 is 15.1 Å². The third-order valence-electron chi connectivity index (χ3n) is 4.73. The van der Waals surface area contributed by atoms with Gasteiger partial charge in [-0.1, -0.05) is 6.42 Å². The van der Waals surface area contributed by atoms with Crippen molar-refractivity contribution in [3.8, 4) is 0 Å². The molecule has 1 unspecified atom stereocenters. The first-order valence-corrected chi connectivity index (χ1v) is 8.52. The lowest BCUT2D eigenvalue weighted by Crippen LogP contribution is -2.51. The molecule has 126 valence electrons. The number of carbonyl (C=O) groups is 2. The average Bonchev–Trinajstić information content (AvgIpc) is 2.97. The van der Waals surface area contributed by atoms with Gasteiger partial charge in [-0.05, 0) is 44.4 Å². The average molecular weight is 319 g/mol. The van der Waals surface area contributed by atoms with E-state index in [9.17, 15) is 9.59 Å². The Balaban J connectivity index is 1.39. The Labute approximate surface area is 136 Å². The molecule has 0 radical (unpaired) electrons. The highest BCUT2D eigenvalue weighted by molar-refractivity contribution is 5.80. The largest absolute Gasteiger partial charge is 0.467 e. The van der Waals surface area contributed by atoms with Crippen molar-refractivity contribution in [3.05, 3.63) is 24.2 Å². The van der Waals surface area contributed by atoms with Crippen LogP contribution in [-0.2, 0) is 16.1 Å². The molecule has 3 rings (SSSR count). The summed E-state index contributed by atoms with van der Waals surface area (Å²) in [6.45, 7) is 2.45. The van der Waals surface area contributed by atoms with E-state index < -0.39 is 0 Å². The first-order chi connectivity index (χ1) is 11.2. The van der Waals surface area contributed by atoms with E-state index in [-0.39, 0.29) is 23.8 Å². The number of carbonyl (C=O) groups excluding carboxylic acids is 2. The van der Waals surface area contributed by atoms with E-state index >= 15 is 0 Å². The highest BCUT2D eigenvalue weighted by Gasteiger charge is 2.29. The van der Waals surface area contributed by atoms with Crippen molar-refractivity contribution < 1.29 is 14.0 Å². The zero-order valence-electron chi connectivity index (χ0n) is 13.4. The van der Waals surface area contributed by atoms with Crippen molar-refractivity contribution in [2.45, 2.75) is 44.7 Å². The molecule has 0 bridgehead atoms. The van der Waals surface area contributed by atoms with E-state index in [1.165, 1.54) is 6.42 Å². The fourth-order valence-electron chi connectivity index (χ4n) is 3.16. The maximum Gasteiger partial charge on any atom is 0.234 e. The minimum atomic E-state index is -0.00707. The molecule has 23 heavy (non-hydrogen) atoms. The maximum absolute atomic E-state index is 12.0. The van der Waals surface area contributed by atoms with Crippen molar-refractivity contribution in [2.24, 2.45) is 5.92 Å². The van der Waals surface area contributed by atoms with Crippen molar-refractivity contribution in [1.29, 1.82) is 0 Å². The van der Waals surface area contributed by atoms with Gasteiger partial charge in [0.05, 0.1) is 19.4 Å². The molecule has 2 heterocycles. The van der Waals surface area contributed by atoms with E-state index in [1.54, 1.807) is 6.26 Å². The van der Waals surface area contributed by atoms with Crippen LogP contribution in [0.5, 0.6) is 0 Å². The fraction of sp³-hybridized carbons (Fsp3) is 0.647. The number of piperidine rings is 1. The Morgan fingerprint density at radius 1 is 1.26 bits per heavy atom. The third kappa shape index (κ3) is 4.58. The van der Waals surface area contributed by atoms with Crippen LogP contribution in [-0.4, -0.2) is 42.4 Å². The number of amides is 2. The van der Waals surface area contributed by atoms with Crippen LogP contribution in [0.4, 0.5) is 0 Å². The van der Waals surface area contributed by atoms with Gasteiger partial charge in [-0.15, -0.1) is 0 Å². The summed E-state index contributed by atoms with van der Waals surface area (Å²) in [5.41, 5.74) is 0. The summed E-state index contributed by atoms with van der Waals surface area (Å²) in [6.07, 6.45) is 6.84. The van der Waals surface area contributed by atoms with Gasteiger partial charge in [0, 0.05) is 18.5 Å². The van der Waals surface area contributed by atoms with E-state index in [0.29, 0.717) is 13.1 Å². The predicted molar refractivity (Wildman–Crippen MR) is 85.5 cm³/mol. The zero-order valence-corrected chi connectivity index (χ0v) is 13.4. The van der Waals surface area contributed by atoms with Gasteiger partial charge in [-0.25, -0.2) is 0 Å². The summed E-state index contributed by atoms with van der Waals surface area (Å²) in [6, 6.07) is 3.82. The smallest absolute Gasteiger partial charge is 0.234 e. The van der Waals surface area contributed by atoms with Gasteiger partial charge in [-0.2, -0.15) is 0 Å². The topological polar surface area (TPSA) is 74.6 Å². The molecule has 2 fully saturated rings. The third-order valence-corrected chi connectivity index (χ3v) is 4.73. The minimum Gasteiger partial charge on any atom is -0.467 e. The second-order valence-electron chi connectivity index (χ2n) is 6.57. The summed E-state index contributed by atoms with van der Waals surface area (Å²) >= 11 is 0. The van der Waals surface area contributed by atoms with Crippen molar-refractivity contribution >= 4 is 11.8 Å². The first kappa shape index (κ1) is 16.1. The number of hydrogen-bond acceptors (Lipinski definition) is 4. The fourth-order valence-corrected chi connectivity index (χ4v) is 3.16. The van der Waals surface area contributed by atoms with Crippen LogP contribution in [0.2, 0.25) is 0 Å². The van der Waals surface area contributed by atoms with Crippen LogP contribution in [0.3, 0.4) is 0 Å². The van der Waals surface area contributed by atoms with Crippen LogP contribution < -0.4 is 10.6 Å². The van der Waals surface area contributed by atoms with Gasteiger partial charge in [0.15, 0.2) is 0 Å². The van der Waals surface area contributed by atoms with Gasteiger partial charge in [-0.3, -0.25) is 14.5 Å². The maximum atomic E-state index is 12.0.